The standard InChI is InChI=1S/C17H31N7O9/c18-8(3-4-12(27)28)13(29)22-9(2-1-5-21-17(19)20)14(30)23-10(6-25)15(31)24-11(7-26)16(32)33/h8-11,25-26H,1-7,18H2,(H,22,29)(H,23,30)(H,24,31)(H,27,28)(H,32,33)(H4,19,20,21). The van der Waals surface area contributed by atoms with Gasteiger partial charge in [-0.15, -0.1) is 0 Å². The summed E-state index contributed by atoms with van der Waals surface area (Å²) in [5.41, 5.74) is 16.1. The number of aliphatic hydroxyl groups is 2. The van der Waals surface area contributed by atoms with Gasteiger partial charge in [0.2, 0.25) is 17.7 Å². The lowest BCUT2D eigenvalue weighted by Gasteiger charge is -2.24. The summed E-state index contributed by atoms with van der Waals surface area (Å²) in [6, 6.07) is -5.75. The van der Waals surface area contributed by atoms with Crippen LogP contribution in [0.3, 0.4) is 0 Å². The Morgan fingerprint density at radius 1 is 0.788 bits per heavy atom. The zero-order valence-corrected chi connectivity index (χ0v) is 17.8. The summed E-state index contributed by atoms with van der Waals surface area (Å²) in [4.78, 5) is 62.4. The van der Waals surface area contributed by atoms with E-state index in [1.165, 1.54) is 0 Å². The largest absolute Gasteiger partial charge is 0.481 e. The van der Waals surface area contributed by atoms with Crippen LogP contribution in [0, 0.1) is 0 Å². The summed E-state index contributed by atoms with van der Waals surface area (Å²) in [7, 11) is 0. The molecule has 3 amide bonds. The molecule has 0 rings (SSSR count). The van der Waals surface area contributed by atoms with Crippen LogP contribution in [0.4, 0.5) is 0 Å². The summed E-state index contributed by atoms with van der Waals surface area (Å²) < 4.78 is 0. The van der Waals surface area contributed by atoms with Gasteiger partial charge in [0.25, 0.3) is 0 Å². The number of amides is 3. The highest BCUT2D eigenvalue weighted by Crippen LogP contribution is 2.03. The molecule has 0 spiro atoms. The number of nitrogens with one attached hydrogen (secondary N) is 3. The number of carboxylic acids is 2. The Kier molecular flexibility index (Phi) is 13.7. The average Bonchev–Trinajstić information content (AvgIpc) is 2.74. The molecule has 0 heterocycles. The number of carbonyl (C=O) groups excluding carboxylic acids is 3. The molecule has 0 saturated carbocycles. The zero-order valence-electron chi connectivity index (χ0n) is 17.8. The van der Waals surface area contributed by atoms with Crippen molar-refractivity contribution in [2.45, 2.75) is 49.9 Å². The van der Waals surface area contributed by atoms with E-state index < -0.39 is 67.0 Å². The maximum atomic E-state index is 12.7. The first kappa shape index (κ1) is 29.5. The average molecular weight is 477 g/mol. The van der Waals surface area contributed by atoms with E-state index in [0.717, 1.165) is 0 Å². The SMILES string of the molecule is NC(N)=NCCCC(NC(=O)C(N)CCC(=O)O)C(=O)NC(CO)C(=O)NC(CO)C(=O)O. The molecule has 16 nitrogen and oxygen atoms in total. The van der Waals surface area contributed by atoms with Gasteiger partial charge in [0.1, 0.15) is 18.1 Å². The van der Waals surface area contributed by atoms with E-state index in [1.807, 2.05) is 5.32 Å². The summed E-state index contributed by atoms with van der Waals surface area (Å²) in [6.07, 6.45) is -0.377. The monoisotopic (exact) mass is 477 g/mol. The Morgan fingerprint density at radius 2 is 1.30 bits per heavy atom. The fourth-order valence-electron chi connectivity index (χ4n) is 2.39. The Balaban J connectivity index is 5.28. The number of aliphatic imine (C=N–C) groups is 1. The second kappa shape index (κ2) is 15.3. The van der Waals surface area contributed by atoms with Crippen LogP contribution in [0.25, 0.3) is 0 Å². The molecule has 0 radical (unpaired) electrons. The van der Waals surface area contributed by atoms with E-state index in [9.17, 15) is 29.1 Å². The van der Waals surface area contributed by atoms with Gasteiger partial charge < -0.3 is 53.6 Å². The first-order valence-corrected chi connectivity index (χ1v) is 9.81. The van der Waals surface area contributed by atoms with Gasteiger partial charge in [0.05, 0.1) is 19.3 Å². The minimum atomic E-state index is -1.66. The Morgan fingerprint density at radius 3 is 1.79 bits per heavy atom. The Hall–Kier alpha value is -3.50. The van der Waals surface area contributed by atoms with Crippen LogP contribution in [-0.4, -0.2) is 100.0 Å². The molecule has 0 aliphatic rings. The van der Waals surface area contributed by atoms with Gasteiger partial charge in [-0.05, 0) is 19.3 Å². The van der Waals surface area contributed by atoms with Crippen molar-refractivity contribution in [3.8, 4) is 0 Å². The third-order valence-electron chi connectivity index (χ3n) is 4.20. The summed E-state index contributed by atoms with van der Waals surface area (Å²) in [5.74, 6) is -5.71. The van der Waals surface area contributed by atoms with Crippen LogP contribution in [-0.2, 0) is 24.0 Å². The minimum absolute atomic E-state index is 0.0197. The quantitative estimate of drug-likeness (QED) is 0.0566. The van der Waals surface area contributed by atoms with Crippen LogP contribution in [0.2, 0.25) is 0 Å². The van der Waals surface area contributed by atoms with Crippen LogP contribution in [0.1, 0.15) is 25.7 Å². The molecule has 0 aromatic heterocycles. The highest BCUT2D eigenvalue weighted by molar-refractivity contribution is 5.94. The van der Waals surface area contributed by atoms with Crippen molar-refractivity contribution in [1.29, 1.82) is 0 Å². The van der Waals surface area contributed by atoms with E-state index in [4.69, 9.17) is 32.5 Å². The van der Waals surface area contributed by atoms with Crippen molar-refractivity contribution in [2.75, 3.05) is 19.8 Å². The van der Waals surface area contributed by atoms with Crippen molar-refractivity contribution in [2.24, 2.45) is 22.2 Å². The van der Waals surface area contributed by atoms with Crippen LogP contribution >= 0.6 is 0 Å². The van der Waals surface area contributed by atoms with Crippen molar-refractivity contribution in [3.05, 3.63) is 0 Å². The van der Waals surface area contributed by atoms with Crippen molar-refractivity contribution >= 4 is 35.6 Å². The molecule has 0 fully saturated rings. The van der Waals surface area contributed by atoms with E-state index in [1.54, 1.807) is 0 Å². The number of guanidine groups is 1. The first-order chi connectivity index (χ1) is 15.4. The lowest BCUT2D eigenvalue weighted by Crippen LogP contribution is -2.58. The number of aliphatic carboxylic acids is 2. The van der Waals surface area contributed by atoms with Crippen molar-refractivity contribution < 1.29 is 44.4 Å². The molecule has 4 unspecified atom stereocenters. The van der Waals surface area contributed by atoms with Gasteiger partial charge in [0.15, 0.2) is 5.96 Å². The molecule has 0 aromatic rings. The number of hydrogen-bond donors (Lipinski definition) is 10. The van der Waals surface area contributed by atoms with Gasteiger partial charge >= 0.3 is 11.9 Å². The number of nitrogens with two attached hydrogens (primary N) is 3. The normalized spacial score (nSPS) is 14.2. The molecular weight excluding hydrogens is 446 g/mol. The van der Waals surface area contributed by atoms with Crippen LogP contribution < -0.4 is 33.2 Å². The van der Waals surface area contributed by atoms with Gasteiger partial charge in [-0.3, -0.25) is 24.2 Å². The second-order valence-electron chi connectivity index (χ2n) is 6.87. The summed E-state index contributed by atoms with van der Waals surface area (Å²) >= 11 is 0. The van der Waals surface area contributed by atoms with E-state index in [-0.39, 0.29) is 38.2 Å². The fourth-order valence-corrected chi connectivity index (χ4v) is 2.39. The Labute approximate surface area is 188 Å². The maximum absolute atomic E-state index is 12.7. The lowest BCUT2D eigenvalue weighted by molar-refractivity contribution is -0.143. The molecule has 16 heteroatoms. The number of carbonyl (C=O) groups is 5. The van der Waals surface area contributed by atoms with Crippen molar-refractivity contribution in [1.82, 2.24) is 16.0 Å². The minimum Gasteiger partial charge on any atom is -0.481 e. The molecule has 0 saturated heterocycles. The molecule has 0 aromatic carbocycles. The number of aliphatic hydroxyl groups excluding tert-OH is 2. The topological polar surface area (TPSA) is 293 Å². The number of hydrogen-bond acceptors (Lipinski definition) is 9. The molecular formula is C17H31N7O9. The predicted molar refractivity (Wildman–Crippen MR) is 112 cm³/mol. The lowest BCUT2D eigenvalue weighted by atomic mass is 10.1. The number of carboxylic acid groups (broad SMARTS) is 2. The van der Waals surface area contributed by atoms with Crippen molar-refractivity contribution in [3.63, 3.8) is 0 Å². The molecule has 33 heavy (non-hydrogen) atoms. The third kappa shape index (κ3) is 12.2. The smallest absolute Gasteiger partial charge is 0.328 e. The van der Waals surface area contributed by atoms with Crippen LogP contribution in [0.5, 0.6) is 0 Å². The van der Waals surface area contributed by atoms with Gasteiger partial charge in [0, 0.05) is 13.0 Å². The molecule has 0 aliphatic carbocycles. The molecule has 188 valence electrons. The van der Waals surface area contributed by atoms with E-state index >= 15 is 0 Å². The van der Waals surface area contributed by atoms with Gasteiger partial charge in [-0.1, -0.05) is 0 Å². The molecule has 4 atom stereocenters. The van der Waals surface area contributed by atoms with E-state index in [2.05, 4.69) is 15.6 Å². The molecule has 0 bridgehead atoms. The number of nitrogens with zero attached hydrogens (tertiary/aromatic N) is 1. The predicted octanol–water partition coefficient (Wildman–Crippen LogP) is -5.24. The summed E-state index contributed by atoms with van der Waals surface area (Å²) in [6.45, 7) is -1.74. The van der Waals surface area contributed by atoms with Gasteiger partial charge in [-0.25, -0.2) is 4.79 Å². The zero-order chi connectivity index (χ0) is 25.6. The number of rotatable bonds is 16. The second-order valence-corrected chi connectivity index (χ2v) is 6.87. The van der Waals surface area contributed by atoms with E-state index in [0.29, 0.717) is 0 Å². The Bertz CT molecular complexity index is 728. The first-order valence-electron chi connectivity index (χ1n) is 9.81. The maximum Gasteiger partial charge on any atom is 0.328 e. The summed E-state index contributed by atoms with van der Waals surface area (Å²) in [5, 5.41) is 42.4. The van der Waals surface area contributed by atoms with Gasteiger partial charge in [-0.2, -0.15) is 0 Å². The molecule has 13 N–H and O–H groups in total. The molecule has 0 aliphatic heterocycles. The third-order valence-corrected chi connectivity index (χ3v) is 4.20. The highest BCUT2D eigenvalue weighted by atomic mass is 16.4. The fraction of sp³-hybridized carbons (Fsp3) is 0.647. The van der Waals surface area contributed by atoms with Crippen LogP contribution in [0.15, 0.2) is 4.99 Å². The highest BCUT2D eigenvalue weighted by Gasteiger charge is 2.29.